The van der Waals surface area contributed by atoms with E-state index in [9.17, 15) is 4.39 Å². The van der Waals surface area contributed by atoms with E-state index >= 15 is 0 Å². The molecule has 0 amide bonds. The van der Waals surface area contributed by atoms with Crippen LogP contribution in [-0.4, -0.2) is 38.6 Å². The summed E-state index contributed by atoms with van der Waals surface area (Å²) in [7, 11) is 0. The molecule has 7 nitrogen and oxygen atoms in total. The van der Waals surface area contributed by atoms with Crippen molar-refractivity contribution in [2.45, 2.75) is 26.4 Å². The predicted molar refractivity (Wildman–Crippen MR) is 129 cm³/mol. The Morgan fingerprint density at radius 2 is 2.06 bits per heavy atom. The summed E-state index contributed by atoms with van der Waals surface area (Å²) in [4.78, 5) is 12.2. The zero-order valence-corrected chi connectivity index (χ0v) is 19.0. The van der Waals surface area contributed by atoms with Crippen LogP contribution in [0.2, 0.25) is 0 Å². The van der Waals surface area contributed by atoms with Crippen LogP contribution in [0.3, 0.4) is 0 Å². The van der Waals surface area contributed by atoms with Gasteiger partial charge in [-0.25, -0.2) is 9.37 Å². The van der Waals surface area contributed by atoms with E-state index in [0.29, 0.717) is 43.3 Å². The number of aromatic amines is 1. The van der Waals surface area contributed by atoms with E-state index in [2.05, 4.69) is 32.4 Å². The molecule has 0 radical (unpaired) electrons. The first-order valence-corrected chi connectivity index (χ1v) is 11.3. The van der Waals surface area contributed by atoms with Gasteiger partial charge in [0.1, 0.15) is 11.5 Å². The number of anilines is 1. The van der Waals surface area contributed by atoms with E-state index < -0.39 is 0 Å². The number of hydrogen-bond acceptors (Lipinski definition) is 6. The van der Waals surface area contributed by atoms with Crippen molar-refractivity contribution in [1.82, 2.24) is 19.8 Å². The zero-order valence-electron chi connectivity index (χ0n) is 19.0. The van der Waals surface area contributed by atoms with Crippen molar-refractivity contribution >= 4 is 11.4 Å². The lowest BCUT2D eigenvalue weighted by Crippen LogP contribution is -2.48. The molecule has 0 aliphatic carbocycles. The highest BCUT2D eigenvalue weighted by Gasteiger charge is 2.33. The summed E-state index contributed by atoms with van der Waals surface area (Å²) < 4.78 is 13.9. The Hall–Kier alpha value is -4.12. The van der Waals surface area contributed by atoms with E-state index in [0.717, 1.165) is 40.3 Å². The number of hydrogen-bond donors (Lipinski definition) is 3. The molecule has 2 aliphatic heterocycles. The van der Waals surface area contributed by atoms with Crippen LogP contribution in [0.15, 0.2) is 48.8 Å². The van der Waals surface area contributed by atoms with Crippen LogP contribution in [0.4, 0.5) is 10.1 Å². The van der Waals surface area contributed by atoms with Gasteiger partial charge in [-0.1, -0.05) is 31.7 Å². The SMILES string of the molecule is C=C(N1Cc2nc(C(=N)c3ccc(-c4cc(F)ccc4CC)cc3N)[nH]c2C1)N1CC(C#N)C1. The Bertz CT molecular complexity index is 1320. The van der Waals surface area contributed by atoms with Crippen LogP contribution >= 0.6 is 0 Å². The van der Waals surface area contributed by atoms with Gasteiger partial charge < -0.3 is 20.5 Å². The molecular weight excluding hydrogens is 429 g/mol. The second kappa shape index (κ2) is 8.34. The largest absolute Gasteiger partial charge is 0.398 e. The molecule has 0 bridgehead atoms. The Kier molecular flexibility index (Phi) is 5.33. The molecule has 3 heterocycles. The van der Waals surface area contributed by atoms with Gasteiger partial charge >= 0.3 is 0 Å². The Morgan fingerprint density at radius 1 is 1.26 bits per heavy atom. The van der Waals surface area contributed by atoms with E-state index in [1.165, 1.54) is 12.1 Å². The number of likely N-dealkylation sites (tertiary alicyclic amines) is 1. The summed E-state index contributed by atoms with van der Waals surface area (Å²) in [6.07, 6.45) is 0.783. The fourth-order valence-corrected chi connectivity index (χ4v) is 4.62. The summed E-state index contributed by atoms with van der Waals surface area (Å²) in [5.41, 5.74) is 12.1. The zero-order chi connectivity index (χ0) is 24.0. The van der Waals surface area contributed by atoms with Gasteiger partial charge in [0, 0.05) is 24.3 Å². The van der Waals surface area contributed by atoms with Crippen LogP contribution in [0, 0.1) is 28.5 Å². The molecule has 2 aromatic carbocycles. The van der Waals surface area contributed by atoms with E-state index in [-0.39, 0.29) is 17.4 Å². The molecule has 34 heavy (non-hydrogen) atoms. The molecule has 1 aromatic heterocycles. The number of benzene rings is 2. The average molecular weight is 456 g/mol. The highest BCUT2D eigenvalue weighted by atomic mass is 19.1. The van der Waals surface area contributed by atoms with E-state index in [1.807, 2.05) is 13.0 Å². The Balaban J connectivity index is 1.32. The molecule has 5 rings (SSSR count). The monoisotopic (exact) mass is 455 g/mol. The van der Waals surface area contributed by atoms with Crippen molar-refractivity contribution < 1.29 is 4.39 Å². The van der Waals surface area contributed by atoms with Crippen molar-refractivity contribution in [1.29, 1.82) is 10.7 Å². The van der Waals surface area contributed by atoms with Gasteiger partial charge in [-0.3, -0.25) is 5.41 Å². The lowest BCUT2D eigenvalue weighted by Gasteiger charge is -2.41. The molecule has 2 aliphatic rings. The number of nitrogens with zero attached hydrogens (tertiary/aromatic N) is 4. The molecule has 0 spiro atoms. The number of halogens is 1. The second-order valence-electron chi connectivity index (χ2n) is 8.85. The normalized spacial score (nSPS) is 15.1. The minimum absolute atomic E-state index is 0.0775. The lowest BCUT2D eigenvalue weighted by molar-refractivity contribution is 0.119. The summed E-state index contributed by atoms with van der Waals surface area (Å²) in [6, 6.07) is 12.5. The lowest BCUT2D eigenvalue weighted by atomic mass is 9.95. The maximum atomic E-state index is 13.9. The van der Waals surface area contributed by atoms with Crippen LogP contribution in [0.1, 0.15) is 35.3 Å². The first kappa shape index (κ1) is 21.7. The minimum atomic E-state index is -0.289. The summed E-state index contributed by atoms with van der Waals surface area (Å²) in [6.45, 7) is 8.88. The highest BCUT2D eigenvalue weighted by molar-refractivity contribution is 6.12. The minimum Gasteiger partial charge on any atom is -0.398 e. The number of aryl methyl sites for hydroxylation is 1. The van der Waals surface area contributed by atoms with E-state index in [4.69, 9.17) is 16.4 Å². The molecular formula is C26H26FN7. The highest BCUT2D eigenvalue weighted by Crippen LogP contribution is 2.31. The molecule has 0 unspecified atom stereocenters. The number of nitrogens with two attached hydrogens (primary N) is 1. The number of aromatic nitrogens is 2. The number of imidazole rings is 1. The maximum absolute atomic E-state index is 13.9. The predicted octanol–water partition coefficient (Wildman–Crippen LogP) is 4.02. The van der Waals surface area contributed by atoms with Gasteiger partial charge in [0.25, 0.3) is 0 Å². The molecule has 3 aromatic rings. The second-order valence-corrected chi connectivity index (χ2v) is 8.85. The fourth-order valence-electron chi connectivity index (χ4n) is 4.62. The molecule has 1 fully saturated rings. The third-order valence-electron chi connectivity index (χ3n) is 6.67. The number of nitrogen functional groups attached to an aromatic ring is 1. The smallest absolute Gasteiger partial charge is 0.156 e. The van der Waals surface area contributed by atoms with Crippen molar-refractivity contribution in [2.75, 3.05) is 18.8 Å². The Labute approximate surface area is 197 Å². The molecule has 0 atom stereocenters. The molecule has 1 saturated heterocycles. The van der Waals surface area contributed by atoms with Gasteiger partial charge in [-0.15, -0.1) is 0 Å². The number of fused-ring (bicyclic) bond motifs is 1. The van der Waals surface area contributed by atoms with Gasteiger partial charge in [-0.2, -0.15) is 5.26 Å². The van der Waals surface area contributed by atoms with Crippen LogP contribution in [0.5, 0.6) is 0 Å². The molecule has 4 N–H and O–H groups in total. The van der Waals surface area contributed by atoms with Crippen molar-refractivity contribution in [3.05, 3.63) is 83.0 Å². The van der Waals surface area contributed by atoms with E-state index in [1.54, 1.807) is 18.2 Å². The number of rotatable bonds is 6. The third kappa shape index (κ3) is 3.69. The van der Waals surface area contributed by atoms with Gasteiger partial charge in [0.15, 0.2) is 5.82 Å². The number of nitriles is 1. The molecule has 0 saturated carbocycles. The first-order chi connectivity index (χ1) is 16.4. The van der Waals surface area contributed by atoms with Crippen LogP contribution in [-0.2, 0) is 19.5 Å². The standard InChI is InChI=1S/C26H26FN7/c1-3-17-4-6-19(27)9-21(17)18-5-7-20(22(29)8-18)25(30)26-31-23-13-34(14-24(23)32-26)15(2)33-11-16(10-28)12-33/h4-9,16,30H,2-3,11-14,29H2,1H3,(H,31,32). The van der Waals surface area contributed by atoms with Crippen molar-refractivity contribution in [2.24, 2.45) is 5.92 Å². The first-order valence-electron chi connectivity index (χ1n) is 11.3. The third-order valence-corrected chi connectivity index (χ3v) is 6.67. The van der Waals surface area contributed by atoms with Crippen molar-refractivity contribution in [3.63, 3.8) is 0 Å². The van der Waals surface area contributed by atoms with Crippen molar-refractivity contribution in [3.8, 4) is 17.2 Å². The van der Waals surface area contributed by atoms with Crippen LogP contribution in [0.25, 0.3) is 11.1 Å². The summed E-state index contributed by atoms with van der Waals surface area (Å²) in [5, 5.41) is 17.7. The maximum Gasteiger partial charge on any atom is 0.156 e. The number of nitrogens with one attached hydrogen (secondary N) is 2. The van der Waals surface area contributed by atoms with Gasteiger partial charge in [0.05, 0.1) is 42.3 Å². The number of H-pyrrole nitrogens is 1. The van der Waals surface area contributed by atoms with Crippen LogP contribution < -0.4 is 5.73 Å². The van der Waals surface area contributed by atoms with Gasteiger partial charge in [-0.05, 0) is 41.3 Å². The molecule has 172 valence electrons. The summed E-state index contributed by atoms with van der Waals surface area (Å²) >= 11 is 0. The summed E-state index contributed by atoms with van der Waals surface area (Å²) in [5.74, 6) is 1.17. The Morgan fingerprint density at radius 3 is 2.74 bits per heavy atom. The topological polar surface area (TPSA) is 109 Å². The fraction of sp³-hybridized carbons (Fsp3) is 0.269. The average Bonchev–Trinajstić information content (AvgIpc) is 3.37. The quantitative estimate of drug-likeness (QED) is 0.384. The molecule has 8 heteroatoms. The van der Waals surface area contributed by atoms with Gasteiger partial charge in [0.2, 0.25) is 0 Å².